The van der Waals surface area contributed by atoms with Crippen LogP contribution < -0.4 is 10.2 Å². The molecule has 0 aromatic heterocycles. The van der Waals surface area contributed by atoms with Gasteiger partial charge in [-0.1, -0.05) is 54.6 Å². The number of fused-ring (bicyclic) bond motifs is 2. The molecule has 0 amide bonds. The first-order valence-corrected chi connectivity index (χ1v) is 10.1. The second-order valence-corrected chi connectivity index (χ2v) is 7.25. The van der Waals surface area contributed by atoms with Gasteiger partial charge in [0.05, 0.1) is 22.8 Å². The second-order valence-electron chi connectivity index (χ2n) is 7.25. The number of nitrogens with one attached hydrogen (secondary N) is 1. The van der Waals surface area contributed by atoms with E-state index in [4.69, 9.17) is 4.99 Å². The van der Waals surface area contributed by atoms with Gasteiger partial charge in [-0.3, -0.25) is 0 Å². The third kappa shape index (κ3) is 3.25. The van der Waals surface area contributed by atoms with Gasteiger partial charge in [0.2, 0.25) is 0 Å². The first-order chi connectivity index (χ1) is 14.3. The fourth-order valence-electron chi connectivity index (χ4n) is 4.00. The van der Waals surface area contributed by atoms with Crippen molar-refractivity contribution in [2.75, 3.05) is 16.8 Å². The second kappa shape index (κ2) is 7.44. The smallest absolute Gasteiger partial charge is 0.0876 e. The summed E-state index contributed by atoms with van der Waals surface area (Å²) in [5, 5.41) is 3.42. The minimum Gasteiger partial charge on any atom is -0.385 e. The van der Waals surface area contributed by atoms with Gasteiger partial charge in [0, 0.05) is 24.3 Å². The number of anilines is 3. The van der Waals surface area contributed by atoms with E-state index >= 15 is 0 Å². The van der Waals surface area contributed by atoms with E-state index < -0.39 is 0 Å². The lowest BCUT2D eigenvalue weighted by molar-refractivity contribution is 1.15. The Balaban J connectivity index is 1.65. The number of hydrogen-bond acceptors (Lipinski definition) is 3. The summed E-state index contributed by atoms with van der Waals surface area (Å²) in [5.41, 5.74) is 9.20. The zero-order valence-electron chi connectivity index (χ0n) is 16.5. The molecule has 2 aliphatic rings. The molecule has 1 aliphatic carbocycles. The monoisotopic (exact) mass is 377 g/mol. The van der Waals surface area contributed by atoms with Crippen LogP contribution in [0, 0.1) is 0 Å². The summed E-state index contributed by atoms with van der Waals surface area (Å²) in [6.07, 6.45) is 5.27. The summed E-state index contributed by atoms with van der Waals surface area (Å²) in [6, 6.07) is 27.5. The molecule has 3 aromatic carbocycles. The van der Waals surface area contributed by atoms with E-state index in [1.165, 1.54) is 11.1 Å². The fraction of sp³-hybridized carbons (Fsp3) is 0.115. The van der Waals surface area contributed by atoms with E-state index in [1.54, 1.807) is 0 Å². The Morgan fingerprint density at radius 1 is 0.897 bits per heavy atom. The molecule has 0 atom stereocenters. The first kappa shape index (κ1) is 17.5. The van der Waals surface area contributed by atoms with Crippen molar-refractivity contribution in [1.29, 1.82) is 0 Å². The molecule has 0 unspecified atom stereocenters. The Labute approximate surface area is 171 Å². The maximum absolute atomic E-state index is 5.06. The third-order valence-corrected chi connectivity index (χ3v) is 5.35. The fourth-order valence-corrected chi connectivity index (χ4v) is 4.00. The molecule has 3 aromatic rings. The predicted molar refractivity (Wildman–Crippen MR) is 123 cm³/mol. The van der Waals surface area contributed by atoms with E-state index in [0.29, 0.717) is 0 Å². The van der Waals surface area contributed by atoms with Gasteiger partial charge in [-0.2, -0.15) is 0 Å². The first-order valence-electron chi connectivity index (χ1n) is 10.1. The molecule has 0 saturated carbocycles. The molecule has 1 N–H and O–H groups in total. The summed E-state index contributed by atoms with van der Waals surface area (Å²) in [5.74, 6) is 0. The average molecular weight is 377 g/mol. The number of allylic oxidation sites excluding steroid dienone is 4. The van der Waals surface area contributed by atoms with Crippen molar-refractivity contribution < 1.29 is 0 Å². The van der Waals surface area contributed by atoms with Gasteiger partial charge in [0.15, 0.2) is 0 Å². The highest BCUT2D eigenvalue weighted by Gasteiger charge is 2.28. The van der Waals surface area contributed by atoms with E-state index in [-0.39, 0.29) is 0 Å². The largest absolute Gasteiger partial charge is 0.385 e. The summed E-state index contributed by atoms with van der Waals surface area (Å²) >= 11 is 0. The minimum atomic E-state index is 0.827. The van der Waals surface area contributed by atoms with E-state index in [2.05, 4.69) is 108 Å². The third-order valence-electron chi connectivity index (χ3n) is 5.35. The molecule has 0 radical (unpaired) electrons. The highest BCUT2D eigenvalue weighted by atomic mass is 15.2. The van der Waals surface area contributed by atoms with Gasteiger partial charge in [-0.15, -0.1) is 0 Å². The number of hydrogen-bond donors (Lipinski definition) is 1. The van der Waals surface area contributed by atoms with E-state index in [1.807, 2.05) is 0 Å². The molecule has 0 fully saturated rings. The topological polar surface area (TPSA) is 27.6 Å². The summed E-state index contributed by atoms with van der Waals surface area (Å²) in [7, 11) is 0. The lowest BCUT2D eigenvalue weighted by Gasteiger charge is -2.35. The lowest BCUT2D eigenvalue weighted by atomic mass is 9.92. The van der Waals surface area contributed by atoms with Gasteiger partial charge in [-0.25, -0.2) is 4.99 Å². The van der Waals surface area contributed by atoms with Crippen molar-refractivity contribution in [2.45, 2.75) is 13.3 Å². The summed E-state index contributed by atoms with van der Waals surface area (Å²) in [6.45, 7) is 3.01. The Kier molecular flexibility index (Phi) is 4.49. The maximum atomic E-state index is 5.06. The Morgan fingerprint density at radius 3 is 2.41 bits per heavy atom. The number of rotatable bonds is 4. The van der Waals surface area contributed by atoms with E-state index in [0.717, 1.165) is 47.1 Å². The number of benzene rings is 3. The molecule has 142 valence electrons. The quantitative estimate of drug-likeness (QED) is 0.547. The van der Waals surface area contributed by atoms with Crippen LogP contribution in [0.4, 0.5) is 22.7 Å². The highest BCUT2D eigenvalue weighted by Crippen LogP contribution is 2.45. The van der Waals surface area contributed by atoms with Crippen LogP contribution >= 0.6 is 0 Å². The Hall–Kier alpha value is -3.59. The van der Waals surface area contributed by atoms with Gasteiger partial charge in [0.1, 0.15) is 0 Å². The van der Waals surface area contributed by atoms with Crippen molar-refractivity contribution in [3.8, 4) is 0 Å². The molecule has 29 heavy (non-hydrogen) atoms. The van der Waals surface area contributed by atoms with Crippen LogP contribution in [0.3, 0.4) is 0 Å². The van der Waals surface area contributed by atoms with Crippen molar-refractivity contribution >= 4 is 34.0 Å². The summed E-state index contributed by atoms with van der Waals surface area (Å²) in [4.78, 5) is 7.39. The standard InChI is InChI=1S/C26H23N3/c1-2-27-21-14-15-23-26(18-21)29(22-11-7-4-8-12-22)25-16-13-20(17-24(25)28-23)19-9-5-3-6-10-19/h3-16,18,27H,2,17H2,1H3. The van der Waals surface area contributed by atoms with E-state index in [9.17, 15) is 0 Å². The van der Waals surface area contributed by atoms with Crippen LogP contribution in [-0.4, -0.2) is 12.3 Å². The maximum Gasteiger partial charge on any atom is 0.0876 e. The summed E-state index contributed by atoms with van der Waals surface area (Å²) < 4.78 is 0. The Bertz CT molecular complexity index is 1130. The number of para-hydroxylation sites is 1. The zero-order chi connectivity index (χ0) is 19.6. The van der Waals surface area contributed by atoms with Crippen LogP contribution in [0.1, 0.15) is 18.9 Å². The van der Waals surface area contributed by atoms with Crippen LogP contribution in [0.25, 0.3) is 5.57 Å². The van der Waals surface area contributed by atoms with Crippen LogP contribution in [-0.2, 0) is 0 Å². The molecule has 3 nitrogen and oxygen atoms in total. The molecular weight excluding hydrogens is 354 g/mol. The van der Waals surface area contributed by atoms with Gasteiger partial charge in [-0.05, 0) is 54.5 Å². The molecule has 0 spiro atoms. The number of aliphatic imine (C=N–C) groups is 1. The molecule has 5 rings (SSSR count). The predicted octanol–water partition coefficient (Wildman–Crippen LogP) is 6.71. The molecular formula is C26H23N3. The highest BCUT2D eigenvalue weighted by molar-refractivity contribution is 6.15. The normalized spacial score (nSPS) is 14.9. The molecule has 1 heterocycles. The van der Waals surface area contributed by atoms with Crippen molar-refractivity contribution in [3.05, 3.63) is 102 Å². The zero-order valence-corrected chi connectivity index (χ0v) is 16.5. The van der Waals surface area contributed by atoms with Gasteiger partial charge in [0.25, 0.3) is 0 Å². The van der Waals surface area contributed by atoms with Crippen LogP contribution in [0.15, 0.2) is 102 Å². The molecule has 3 heteroatoms. The van der Waals surface area contributed by atoms with Crippen molar-refractivity contribution in [1.82, 2.24) is 0 Å². The minimum absolute atomic E-state index is 0.827. The lowest BCUT2D eigenvalue weighted by Crippen LogP contribution is -2.27. The van der Waals surface area contributed by atoms with Crippen molar-refractivity contribution in [2.24, 2.45) is 4.99 Å². The molecule has 1 aliphatic heterocycles. The van der Waals surface area contributed by atoms with Gasteiger partial charge < -0.3 is 10.2 Å². The van der Waals surface area contributed by atoms with Crippen LogP contribution in [0.5, 0.6) is 0 Å². The average Bonchev–Trinajstić information content (AvgIpc) is 2.78. The molecule has 0 saturated heterocycles. The SMILES string of the molecule is CCNc1ccc2c(c1)N(c1ccccc1)C1=CC=C(c3ccccc3)CC1=N2. The number of nitrogens with zero attached hydrogens (tertiary/aromatic N) is 2. The van der Waals surface area contributed by atoms with Crippen LogP contribution in [0.2, 0.25) is 0 Å². The Morgan fingerprint density at radius 2 is 1.66 bits per heavy atom. The van der Waals surface area contributed by atoms with Crippen molar-refractivity contribution in [3.63, 3.8) is 0 Å². The van der Waals surface area contributed by atoms with Gasteiger partial charge >= 0.3 is 0 Å². The molecule has 0 bridgehead atoms.